The van der Waals surface area contributed by atoms with E-state index in [1.807, 2.05) is 12.1 Å². The molecular formula is C13H18FN. The van der Waals surface area contributed by atoms with E-state index < -0.39 is 0 Å². The Bertz CT molecular complexity index is 350. The van der Waals surface area contributed by atoms with Gasteiger partial charge in [0.05, 0.1) is 0 Å². The highest BCUT2D eigenvalue weighted by atomic mass is 19.1. The molecule has 1 N–H and O–H groups in total. The number of hydrogen-bond donors (Lipinski definition) is 1. The number of hydrogen-bond acceptors (Lipinski definition) is 1. The predicted octanol–water partition coefficient (Wildman–Crippen LogP) is 2.86. The topological polar surface area (TPSA) is 12.0 Å². The highest BCUT2D eigenvalue weighted by Crippen LogP contribution is 2.37. The summed E-state index contributed by atoms with van der Waals surface area (Å²) in [6, 6.07) is 7.56. The first-order valence-corrected chi connectivity index (χ1v) is 5.67. The molecule has 2 rings (SSSR count). The van der Waals surface area contributed by atoms with Gasteiger partial charge in [0.1, 0.15) is 5.82 Å². The molecule has 0 aromatic heterocycles. The fourth-order valence-corrected chi connectivity index (χ4v) is 2.75. The smallest absolute Gasteiger partial charge is 0.127 e. The minimum Gasteiger partial charge on any atom is -0.313 e. The Hall–Kier alpha value is -0.890. The molecule has 1 aromatic carbocycles. The largest absolute Gasteiger partial charge is 0.313 e. The lowest BCUT2D eigenvalue weighted by Gasteiger charge is -2.31. The summed E-state index contributed by atoms with van der Waals surface area (Å²) in [5.74, 6) is -0.0675. The lowest BCUT2D eigenvalue weighted by molar-refractivity contribution is 0.377. The van der Waals surface area contributed by atoms with Crippen molar-refractivity contribution in [3.05, 3.63) is 35.6 Å². The average Bonchev–Trinajstić information content (AvgIpc) is 2.61. The molecule has 0 amide bonds. The van der Waals surface area contributed by atoms with Crippen LogP contribution in [0.4, 0.5) is 4.39 Å². The minimum atomic E-state index is -0.0675. The predicted molar refractivity (Wildman–Crippen MR) is 60.5 cm³/mol. The Balaban J connectivity index is 2.40. The van der Waals surface area contributed by atoms with Gasteiger partial charge in [0.25, 0.3) is 0 Å². The Kier molecular flexibility index (Phi) is 2.79. The third kappa shape index (κ3) is 1.67. The van der Waals surface area contributed by atoms with Crippen LogP contribution < -0.4 is 5.32 Å². The van der Waals surface area contributed by atoms with E-state index in [1.54, 1.807) is 12.1 Å². The van der Waals surface area contributed by atoms with Gasteiger partial charge in [0.2, 0.25) is 0 Å². The van der Waals surface area contributed by atoms with Gasteiger partial charge in [-0.1, -0.05) is 32.0 Å². The van der Waals surface area contributed by atoms with Crippen molar-refractivity contribution in [1.29, 1.82) is 0 Å². The van der Waals surface area contributed by atoms with Gasteiger partial charge in [-0.25, -0.2) is 4.39 Å². The van der Waals surface area contributed by atoms with Crippen LogP contribution in [-0.2, 0) is 5.41 Å². The second kappa shape index (κ2) is 3.93. The lowest BCUT2D eigenvalue weighted by atomic mass is 9.75. The molecule has 2 atom stereocenters. The summed E-state index contributed by atoms with van der Waals surface area (Å²) in [5.41, 5.74) is 0.821. The Morgan fingerprint density at radius 3 is 2.87 bits per heavy atom. The van der Waals surface area contributed by atoms with E-state index in [4.69, 9.17) is 0 Å². The van der Waals surface area contributed by atoms with Gasteiger partial charge in [-0.3, -0.25) is 0 Å². The third-order valence-electron chi connectivity index (χ3n) is 3.70. The van der Waals surface area contributed by atoms with Gasteiger partial charge >= 0.3 is 0 Å². The zero-order valence-corrected chi connectivity index (χ0v) is 9.39. The molecular weight excluding hydrogens is 189 g/mol. The summed E-state index contributed by atoms with van der Waals surface area (Å²) < 4.78 is 13.8. The molecule has 0 radical (unpaired) electrons. The number of benzene rings is 1. The van der Waals surface area contributed by atoms with Crippen LogP contribution in [0.5, 0.6) is 0 Å². The maximum atomic E-state index is 13.8. The average molecular weight is 207 g/mol. The van der Waals surface area contributed by atoms with Crippen molar-refractivity contribution < 1.29 is 4.39 Å². The van der Waals surface area contributed by atoms with Crippen LogP contribution in [0, 0.1) is 5.82 Å². The molecule has 1 saturated heterocycles. The van der Waals surface area contributed by atoms with Gasteiger partial charge in [0, 0.05) is 11.5 Å². The molecule has 0 aliphatic carbocycles. The van der Waals surface area contributed by atoms with Crippen molar-refractivity contribution in [3.8, 4) is 0 Å². The molecule has 1 aromatic rings. The van der Waals surface area contributed by atoms with E-state index in [0.717, 1.165) is 24.9 Å². The van der Waals surface area contributed by atoms with Crippen LogP contribution in [0.3, 0.4) is 0 Å². The standard InChI is InChI=1S/C13H18FN/c1-3-12-13(2,8-9-15-12)10-6-4-5-7-11(10)14/h4-7,12,15H,3,8-9H2,1-2H3. The van der Waals surface area contributed by atoms with Crippen molar-refractivity contribution in [2.24, 2.45) is 0 Å². The lowest BCUT2D eigenvalue weighted by Crippen LogP contribution is -2.37. The molecule has 1 aliphatic rings. The van der Waals surface area contributed by atoms with Gasteiger partial charge < -0.3 is 5.32 Å². The molecule has 1 heterocycles. The van der Waals surface area contributed by atoms with Crippen LogP contribution in [0.2, 0.25) is 0 Å². The maximum absolute atomic E-state index is 13.8. The Morgan fingerprint density at radius 1 is 1.47 bits per heavy atom. The molecule has 0 spiro atoms. The van der Waals surface area contributed by atoms with E-state index in [9.17, 15) is 4.39 Å². The Morgan fingerprint density at radius 2 is 2.20 bits per heavy atom. The molecule has 0 bridgehead atoms. The van der Waals surface area contributed by atoms with Gasteiger partial charge in [-0.05, 0) is 31.0 Å². The first kappa shape index (κ1) is 10.6. The quantitative estimate of drug-likeness (QED) is 0.786. The third-order valence-corrected chi connectivity index (χ3v) is 3.70. The fraction of sp³-hybridized carbons (Fsp3) is 0.538. The van der Waals surface area contributed by atoms with Crippen LogP contribution in [0.25, 0.3) is 0 Å². The van der Waals surface area contributed by atoms with E-state index >= 15 is 0 Å². The summed E-state index contributed by atoms with van der Waals surface area (Å²) in [6.07, 6.45) is 2.07. The molecule has 0 saturated carbocycles. The molecule has 2 unspecified atom stereocenters. The van der Waals surface area contributed by atoms with Crippen molar-refractivity contribution in [2.45, 2.75) is 38.1 Å². The summed E-state index contributed by atoms with van der Waals surface area (Å²) in [4.78, 5) is 0. The first-order chi connectivity index (χ1) is 7.18. The molecule has 1 fully saturated rings. The summed E-state index contributed by atoms with van der Waals surface area (Å²) in [6.45, 7) is 5.31. The van der Waals surface area contributed by atoms with Crippen molar-refractivity contribution in [3.63, 3.8) is 0 Å². The molecule has 1 aliphatic heterocycles. The highest BCUT2D eigenvalue weighted by molar-refractivity contribution is 5.30. The molecule has 82 valence electrons. The zero-order chi connectivity index (χ0) is 10.9. The number of rotatable bonds is 2. The molecule has 2 heteroatoms. The Labute approximate surface area is 90.7 Å². The van der Waals surface area contributed by atoms with Crippen molar-refractivity contribution in [1.82, 2.24) is 5.32 Å². The minimum absolute atomic E-state index is 0.0416. The van der Waals surface area contributed by atoms with Gasteiger partial charge in [-0.15, -0.1) is 0 Å². The maximum Gasteiger partial charge on any atom is 0.127 e. The highest BCUT2D eigenvalue weighted by Gasteiger charge is 2.40. The van der Waals surface area contributed by atoms with E-state index in [-0.39, 0.29) is 11.2 Å². The summed E-state index contributed by atoms with van der Waals surface area (Å²) in [7, 11) is 0. The van der Waals surface area contributed by atoms with E-state index in [2.05, 4.69) is 19.2 Å². The first-order valence-electron chi connectivity index (χ1n) is 5.67. The van der Waals surface area contributed by atoms with Crippen LogP contribution in [-0.4, -0.2) is 12.6 Å². The zero-order valence-electron chi connectivity index (χ0n) is 9.39. The second-order valence-electron chi connectivity index (χ2n) is 4.56. The van der Waals surface area contributed by atoms with Crippen LogP contribution >= 0.6 is 0 Å². The van der Waals surface area contributed by atoms with Crippen LogP contribution in [0.1, 0.15) is 32.3 Å². The number of nitrogens with one attached hydrogen (secondary N) is 1. The fourth-order valence-electron chi connectivity index (χ4n) is 2.75. The summed E-state index contributed by atoms with van der Waals surface area (Å²) in [5, 5.41) is 3.46. The number of halogens is 1. The van der Waals surface area contributed by atoms with Crippen LogP contribution in [0.15, 0.2) is 24.3 Å². The van der Waals surface area contributed by atoms with Gasteiger partial charge in [-0.2, -0.15) is 0 Å². The summed E-state index contributed by atoms with van der Waals surface area (Å²) >= 11 is 0. The van der Waals surface area contributed by atoms with E-state index in [0.29, 0.717) is 6.04 Å². The van der Waals surface area contributed by atoms with Gasteiger partial charge in [0.15, 0.2) is 0 Å². The molecule has 15 heavy (non-hydrogen) atoms. The van der Waals surface area contributed by atoms with Crippen molar-refractivity contribution >= 4 is 0 Å². The monoisotopic (exact) mass is 207 g/mol. The second-order valence-corrected chi connectivity index (χ2v) is 4.56. The normalized spacial score (nSPS) is 30.7. The van der Waals surface area contributed by atoms with E-state index in [1.165, 1.54) is 0 Å². The SMILES string of the molecule is CCC1NCCC1(C)c1ccccc1F. The van der Waals surface area contributed by atoms with Crippen molar-refractivity contribution in [2.75, 3.05) is 6.54 Å². The molecule has 1 nitrogen and oxygen atoms in total.